The Bertz CT molecular complexity index is 325. The highest BCUT2D eigenvalue weighted by Gasteiger charge is 2.45. The van der Waals surface area contributed by atoms with E-state index in [4.69, 9.17) is 0 Å². The second-order valence-corrected chi connectivity index (χ2v) is 6.78. The monoisotopic (exact) mass is 281 g/mol. The predicted molar refractivity (Wildman–Crippen MR) is 83.8 cm³/mol. The van der Waals surface area contributed by atoms with E-state index in [1.165, 1.54) is 19.3 Å². The lowest BCUT2D eigenvalue weighted by atomic mass is 9.61. The maximum Gasteiger partial charge on any atom is 0.307 e. The van der Waals surface area contributed by atoms with E-state index in [2.05, 4.69) is 32.7 Å². The third kappa shape index (κ3) is 4.34. The van der Waals surface area contributed by atoms with Crippen LogP contribution in [0.5, 0.6) is 0 Å². The first kappa shape index (κ1) is 17.2. The lowest BCUT2D eigenvalue weighted by Crippen LogP contribution is -2.51. The van der Waals surface area contributed by atoms with Crippen molar-refractivity contribution in [1.29, 1.82) is 0 Å². The Balaban J connectivity index is 2.38. The quantitative estimate of drug-likeness (QED) is 0.525. The van der Waals surface area contributed by atoms with E-state index in [-0.39, 0.29) is 11.3 Å². The van der Waals surface area contributed by atoms with E-state index in [1.54, 1.807) is 0 Å². The smallest absolute Gasteiger partial charge is 0.307 e. The molecule has 0 heterocycles. The summed E-state index contributed by atoms with van der Waals surface area (Å²) in [5, 5.41) is 13.0. The number of nitrogens with one attached hydrogen (secondary N) is 1. The molecule has 3 heteroatoms. The van der Waals surface area contributed by atoms with Crippen LogP contribution in [0.2, 0.25) is 0 Å². The molecule has 1 aliphatic rings. The molecule has 3 unspecified atom stereocenters. The van der Waals surface area contributed by atoms with E-state index in [0.717, 1.165) is 25.8 Å². The van der Waals surface area contributed by atoms with Gasteiger partial charge in [-0.15, -0.1) is 6.58 Å². The molecule has 1 fully saturated rings. The highest BCUT2D eigenvalue weighted by Crippen LogP contribution is 2.45. The Hall–Kier alpha value is -0.830. The first-order chi connectivity index (χ1) is 9.41. The van der Waals surface area contributed by atoms with Crippen LogP contribution in [-0.4, -0.2) is 23.7 Å². The Labute approximate surface area is 123 Å². The zero-order valence-electron chi connectivity index (χ0n) is 13.3. The minimum absolute atomic E-state index is 0.134. The molecular weight excluding hydrogens is 250 g/mol. The van der Waals surface area contributed by atoms with Crippen LogP contribution in [0.4, 0.5) is 0 Å². The van der Waals surface area contributed by atoms with Crippen molar-refractivity contribution in [3.63, 3.8) is 0 Å². The molecular formula is C17H31NO2. The van der Waals surface area contributed by atoms with E-state index in [0.29, 0.717) is 12.0 Å². The molecule has 116 valence electrons. The molecule has 0 saturated heterocycles. The van der Waals surface area contributed by atoms with E-state index >= 15 is 0 Å². The molecule has 1 saturated carbocycles. The van der Waals surface area contributed by atoms with Crippen molar-refractivity contribution >= 4 is 5.97 Å². The van der Waals surface area contributed by atoms with Crippen molar-refractivity contribution < 1.29 is 9.90 Å². The molecule has 0 bridgehead atoms. The van der Waals surface area contributed by atoms with Crippen LogP contribution in [0.25, 0.3) is 0 Å². The molecule has 0 aromatic carbocycles. The lowest BCUT2D eigenvalue weighted by Gasteiger charge is -2.46. The Morgan fingerprint density at radius 2 is 2.05 bits per heavy atom. The zero-order valence-corrected chi connectivity index (χ0v) is 13.3. The summed E-state index contributed by atoms with van der Waals surface area (Å²) < 4.78 is 0. The average Bonchev–Trinajstić information content (AvgIpc) is 2.38. The molecule has 1 aliphatic carbocycles. The molecule has 0 aromatic heterocycles. The van der Waals surface area contributed by atoms with Crippen molar-refractivity contribution in [3.05, 3.63) is 12.7 Å². The summed E-state index contributed by atoms with van der Waals surface area (Å²) in [5.41, 5.74) is -0.134. The fraction of sp³-hybridized carbons (Fsp3) is 0.824. The summed E-state index contributed by atoms with van der Waals surface area (Å²) >= 11 is 0. The van der Waals surface area contributed by atoms with Crippen LogP contribution < -0.4 is 5.32 Å². The lowest BCUT2D eigenvalue weighted by molar-refractivity contribution is -0.150. The van der Waals surface area contributed by atoms with Gasteiger partial charge in [-0.25, -0.2) is 0 Å². The largest absolute Gasteiger partial charge is 0.481 e. The summed E-state index contributed by atoms with van der Waals surface area (Å²) in [7, 11) is 0. The third-order valence-electron chi connectivity index (χ3n) is 5.23. The van der Waals surface area contributed by atoms with Gasteiger partial charge in [0.25, 0.3) is 0 Å². The molecule has 0 amide bonds. The van der Waals surface area contributed by atoms with Crippen LogP contribution in [0.3, 0.4) is 0 Å². The van der Waals surface area contributed by atoms with Crippen LogP contribution in [0.15, 0.2) is 12.7 Å². The maximum absolute atomic E-state index is 11.4. The number of unbranched alkanes of at least 4 members (excludes halogenated alkanes) is 3. The van der Waals surface area contributed by atoms with Crippen LogP contribution >= 0.6 is 0 Å². The summed E-state index contributed by atoms with van der Waals surface area (Å²) in [6.07, 6.45) is 8.51. The second kappa shape index (κ2) is 7.82. The number of carbonyl (C=O) groups is 1. The first-order valence-electron chi connectivity index (χ1n) is 7.98. The van der Waals surface area contributed by atoms with Crippen LogP contribution in [0, 0.1) is 17.3 Å². The van der Waals surface area contributed by atoms with Crippen LogP contribution in [0.1, 0.15) is 59.3 Å². The standard InChI is InChI=1S/C17H31NO2/c1-5-6-7-8-9-12-18-15-11-10-14(16(19)20)17(3,4)13(15)2/h5,13-15,18H,1,6-12H2,2-4H3,(H,19,20). The van der Waals surface area contributed by atoms with Gasteiger partial charge in [-0.2, -0.15) is 0 Å². The van der Waals surface area contributed by atoms with Crippen molar-refractivity contribution in [2.24, 2.45) is 17.3 Å². The number of rotatable bonds is 8. The van der Waals surface area contributed by atoms with Gasteiger partial charge in [0.15, 0.2) is 0 Å². The SMILES string of the molecule is C=CCCCCCNC1CCC(C(=O)O)C(C)(C)C1C. The molecule has 3 nitrogen and oxygen atoms in total. The van der Waals surface area contributed by atoms with Gasteiger partial charge in [-0.05, 0) is 50.0 Å². The Kier molecular flexibility index (Phi) is 6.74. The van der Waals surface area contributed by atoms with Gasteiger partial charge in [-0.3, -0.25) is 4.79 Å². The first-order valence-corrected chi connectivity index (χ1v) is 7.98. The highest BCUT2D eigenvalue weighted by atomic mass is 16.4. The van der Waals surface area contributed by atoms with Crippen molar-refractivity contribution in [2.45, 2.75) is 65.3 Å². The molecule has 3 atom stereocenters. The number of aliphatic carboxylic acids is 1. The van der Waals surface area contributed by atoms with Crippen LogP contribution in [-0.2, 0) is 4.79 Å². The predicted octanol–water partition coefficient (Wildman–Crippen LogP) is 3.85. The van der Waals surface area contributed by atoms with Gasteiger partial charge < -0.3 is 10.4 Å². The Morgan fingerprint density at radius 3 is 2.65 bits per heavy atom. The van der Waals surface area contributed by atoms with Crippen molar-refractivity contribution in [3.8, 4) is 0 Å². The van der Waals surface area contributed by atoms with E-state index < -0.39 is 5.97 Å². The van der Waals surface area contributed by atoms with E-state index in [1.807, 2.05) is 6.08 Å². The van der Waals surface area contributed by atoms with E-state index in [9.17, 15) is 9.90 Å². The normalized spacial score (nSPS) is 29.1. The molecule has 0 aliphatic heterocycles. The number of allylic oxidation sites excluding steroid dienone is 1. The summed E-state index contributed by atoms with van der Waals surface area (Å²) in [5.74, 6) is -0.446. The molecule has 2 N–H and O–H groups in total. The van der Waals surface area contributed by atoms with Gasteiger partial charge >= 0.3 is 5.97 Å². The minimum atomic E-state index is -0.635. The van der Waals surface area contributed by atoms with Gasteiger partial charge in [0.2, 0.25) is 0 Å². The van der Waals surface area contributed by atoms with Gasteiger partial charge in [0, 0.05) is 6.04 Å². The van der Waals surface area contributed by atoms with Gasteiger partial charge in [0.1, 0.15) is 0 Å². The molecule has 20 heavy (non-hydrogen) atoms. The number of carboxylic acid groups (broad SMARTS) is 1. The van der Waals surface area contributed by atoms with Crippen molar-refractivity contribution in [1.82, 2.24) is 5.32 Å². The van der Waals surface area contributed by atoms with Crippen molar-refractivity contribution in [2.75, 3.05) is 6.54 Å². The maximum atomic E-state index is 11.4. The average molecular weight is 281 g/mol. The number of carboxylic acids is 1. The number of hydrogen-bond acceptors (Lipinski definition) is 2. The van der Waals surface area contributed by atoms with Gasteiger partial charge in [-0.1, -0.05) is 33.3 Å². The molecule has 0 radical (unpaired) electrons. The minimum Gasteiger partial charge on any atom is -0.481 e. The zero-order chi connectivity index (χ0) is 15.2. The fourth-order valence-corrected chi connectivity index (χ4v) is 3.40. The fourth-order valence-electron chi connectivity index (χ4n) is 3.40. The molecule has 0 spiro atoms. The second-order valence-electron chi connectivity index (χ2n) is 6.78. The summed E-state index contributed by atoms with van der Waals surface area (Å²) in [6.45, 7) is 11.2. The summed E-state index contributed by atoms with van der Waals surface area (Å²) in [6, 6.07) is 0.458. The topological polar surface area (TPSA) is 49.3 Å². The highest BCUT2D eigenvalue weighted by molar-refractivity contribution is 5.71. The van der Waals surface area contributed by atoms with Gasteiger partial charge in [0.05, 0.1) is 5.92 Å². The molecule has 0 aromatic rings. The third-order valence-corrected chi connectivity index (χ3v) is 5.23. The Morgan fingerprint density at radius 1 is 1.35 bits per heavy atom. The summed E-state index contributed by atoms with van der Waals surface area (Å²) in [4.78, 5) is 11.4. The number of hydrogen-bond donors (Lipinski definition) is 2. The molecule has 1 rings (SSSR count).